The number of Topliss-reactive ketones (excluding diaryl/α,β-unsaturated/α-hetero) is 1. The lowest BCUT2D eigenvalue weighted by atomic mass is 9.94. The lowest BCUT2D eigenvalue weighted by molar-refractivity contribution is -0.147. The van der Waals surface area contributed by atoms with Crippen molar-refractivity contribution in [2.75, 3.05) is 44.8 Å². The number of nitrogen functional groups attached to an aromatic ring is 1. The molecule has 16 nitrogen and oxygen atoms in total. The molecule has 18 heteroatoms. The molecule has 2 aliphatic rings. The summed E-state index contributed by atoms with van der Waals surface area (Å²) in [5, 5.41) is 16.2. The fourth-order valence-corrected chi connectivity index (χ4v) is 7.88. The molecule has 2 fully saturated rings. The number of carbonyl (C=O) groups is 4. The van der Waals surface area contributed by atoms with E-state index in [4.69, 9.17) is 34.2 Å². The maximum atomic E-state index is 13.1. The molecule has 2 aliphatic carbocycles. The second-order valence-corrected chi connectivity index (χ2v) is 17.5. The lowest BCUT2D eigenvalue weighted by Crippen LogP contribution is -2.32. The number of carboxylic acids is 1. The molecule has 0 aliphatic heterocycles. The first-order valence-corrected chi connectivity index (χ1v) is 23.4. The Morgan fingerprint density at radius 3 is 1.29 bits per heavy atom. The van der Waals surface area contributed by atoms with E-state index in [1.54, 1.807) is 132 Å². The van der Waals surface area contributed by atoms with Crippen LogP contribution in [0.4, 0.5) is 25.8 Å². The molecule has 0 bridgehead atoms. The van der Waals surface area contributed by atoms with Crippen molar-refractivity contribution >= 4 is 62.4 Å². The zero-order valence-electron chi connectivity index (χ0n) is 41.1. The van der Waals surface area contributed by atoms with Crippen LogP contribution in [0.3, 0.4) is 0 Å². The van der Waals surface area contributed by atoms with E-state index in [-0.39, 0.29) is 37.2 Å². The second-order valence-electron chi connectivity index (χ2n) is 17.5. The number of aliphatic carboxylic acids is 1. The Kier molecular flexibility index (Phi) is 17.0. The summed E-state index contributed by atoms with van der Waals surface area (Å²) in [6, 6.07) is 35.8. The molecule has 0 atom stereocenters. The van der Waals surface area contributed by atoms with Crippen LogP contribution in [0.1, 0.15) is 38.7 Å². The Labute approximate surface area is 436 Å². The summed E-state index contributed by atoms with van der Waals surface area (Å²) in [6.45, 7) is 0. The van der Waals surface area contributed by atoms with Crippen LogP contribution in [0.2, 0.25) is 0 Å². The summed E-state index contributed by atoms with van der Waals surface area (Å²) in [7, 11) is 6.25. The number of ketones is 1. The second kappa shape index (κ2) is 23.7. The first kappa shape index (κ1) is 54.5. The number of carbonyl (C=O) groups excluding carboxylic acids is 3. The molecular weight excluding hydrogens is 981 g/mol. The van der Waals surface area contributed by atoms with E-state index in [1.165, 1.54) is 36.4 Å². The Morgan fingerprint density at radius 1 is 0.539 bits per heavy atom. The fourth-order valence-electron chi connectivity index (χ4n) is 7.88. The molecule has 2 amide bonds. The van der Waals surface area contributed by atoms with Gasteiger partial charge in [-0.3, -0.25) is 29.1 Å². The number of aromatic nitrogens is 2. The van der Waals surface area contributed by atoms with Gasteiger partial charge in [0.1, 0.15) is 45.5 Å². The Balaban J connectivity index is 0.000000193. The molecule has 6 aromatic carbocycles. The van der Waals surface area contributed by atoms with Gasteiger partial charge >= 0.3 is 5.97 Å². The van der Waals surface area contributed by atoms with Gasteiger partial charge in [-0.2, -0.15) is 0 Å². The van der Waals surface area contributed by atoms with Gasteiger partial charge < -0.3 is 49.9 Å². The third-order valence-corrected chi connectivity index (χ3v) is 12.6. The van der Waals surface area contributed by atoms with Crippen molar-refractivity contribution in [1.82, 2.24) is 9.97 Å². The highest BCUT2D eigenvalue weighted by Crippen LogP contribution is 2.49. The van der Waals surface area contributed by atoms with Gasteiger partial charge in [-0.05, 0) is 140 Å². The lowest BCUT2D eigenvalue weighted by Gasteiger charge is -2.15. The SMILES string of the molecule is C.COc1cc2nccc(Oc3ccc(NC(=O)C4(C(=O)Cc5ccc(F)cc5)CC4)cc3)c2cc1OC.COc1cc2nccc(Oc3ccc(NC(=O)C4(C(=O)O)CC4)cc3)c2cc1OC.Nc1ccc(F)cc1. The van der Waals surface area contributed by atoms with Gasteiger partial charge in [-0.15, -0.1) is 0 Å². The molecule has 2 heterocycles. The van der Waals surface area contributed by atoms with Gasteiger partial charge in [0.15, 0.2) is 28.8 Å². The maximum Gasteiger partial charge on any atom is 0.319 e. The minimum Gasteiger partial charge on any atom is -0.493 e. The van der Waals surface area contributed by atoms with Gasteiger partial charge in [-0.1, -0.05) is 19.6 Å². The number of carboxylic acid groups (broad SMARTS) is 1. The molecule has 0 saturated heterocycles. The summed E-state index contributed by atoms with van der Waals surface area (Å²) >= 11 is 0. The van der Waals surface area contributed by atoms with Crippen LogP contribution >= 0.6 is 0 Å². The molecule has 2 aromatic heterocycles. The van der Waals surface area contributed by atoms with Crippen molar-refractivity contribution in [2.45, 2.75) is 39.5 Å². The van der Waals surface area contributed by atoms with E-state index in [9.17, 15) is 33.1 Å². The average molecular weight is 1040 g/mol. The van der Waals surface area contributed by atoms with E-state index in [0.717, 1.165) is 10.8 Å². The number of amides is 2. The highest BCUT2D eigenvalue weighted by molar-refractivity contribution is 6.14. The fraction of sp³-hybridized carbons (Fsp3) is 0.207. The summed E-state index contributed by atoms with van der Waals surface area (Å²) < 4.78 is 58.7. The maximum absolute atomic E-state index is 13.1. The molecule has 0 unspecified atom stereocenters. The summed E-state index contributed by atoms with van der Waals surface area (Å²) in [5.41, 5.74) is 6.67. The van der Waals surface area contributed by atoms with Crippen molar-refractivity contribution < 1.29 is 61.5 Å². The third-order valence-electron chi connectivity index (χ3n) is 12.6. The molecule has 0 spiro atoms. The normalized spacial score (nSPS) is 13.1. The number of anilines is 3. The number of benzene rings is 6. The number of nitrogens with zero attached hydrogens (tertiary/aromatic N) is 2. The number of pyridine rings is 2. The topological polar surface area (TPSA) is 220 Å². The molecular formula is C58H55F2N5O11. The first-order valence-electron chi connectivity index (χ1n) is 23.4. The van der Waals surface area contributed by atoms with Crippen LogP contribution in [0.25, 0.3) is 21.8 Å². The molecule has 8 aromatic rings. The van der Waals surface area contributed by atoms with E-state index >= 15 is 0 Å². The van der Waals surface area contributed by atoms with Gasteiger partial charge in [0.05, 0.1) is 39.5 Å². The number of rotatable bonds is 16. The molecule has 2 saturated carbocycles. The number of methoxy groups -OCH3 is 4. The smallest absolute Gasteiger partial charge is 0.319 e. The van der Waals surface area contributed by atoms with Crippen LogP contribution in [0, 0.1) is 22.5 Å². The minimum atomic E-state index is -1.29. The minimum absolute atomic E-state index is 0. The molecule has 392 valence electrons. The molecule has 5 N–H and O–H groups in total. The van der Waals surface area contributed by atoms with E-state index in [2.05, 4.69) is 20.6 Å². The molecule has 0 radical (unpaired) electrons. The number of fused-ring (bicyclic) bond motifs is 2. The Morgan fingerprint density at radius 2 is 0.921 bits per heavy atom. The van der Waals surface area contributed by atoms with Gasteiger partial charge in [-0.25, -0.2) is 8.78 Å². The highest BCUT2D eigenvalue weighted by atomic mass is 19.1. The van der Waals surface area contributed by atoms with Crippen LogP contribution in [-0.4, -0.2) is 67.1 Å². The summed E-state index contributed by atoms with van der Waals surface area (Å²) in [6.07, 6.45) is 5.11. The van der Waals surface area contributed by atoms with Crippen molar-refractivity contribution in [2.24, 2.45) is 10.8 Å². The first-order chi connectivity index (χ1) is 36.2. The Bertz CT molecular complexity index is 3350. The van der Waals surface area contributed by atoms with Crippen molar-refractivity contribution in [3.05, 3.63) is 163 Å². The van der Waals surface area contributed by atoms with Crippen LogP contribution in [-0.2, 0) is 25.6 Å². The third kappa shape index (κ3) is 12.5. The van der Waals surface area contributed by atoms with E-state index in [0.29, 0.717) is 105 Å². The van der Waals surface area contributed by atoms with Gasteiger partial charge in [0.25, 0.3) is 0 Å². The quantitative estimate of drug-likeness (QED) is 0.0523. The average Bonchev–Trinajstić information content (AvgIpc) is 4.38. The summed E-state index contributed by atoms with van der Waals surface area (Å²) in [4.78, 5) is 58.0. The van der Waals surface area contributed by atoms with E-state index in [1.807, 2.05) is 6.07 Å². The number of nitrogens with one attached hydrogen (secondary N) is 2. The predicted molar refractivity (Wildman–Crippen MR) is 284 cm³/mol. The van der Waals surface area contributed by atoms with Crippen molar-refractivity contribution in [3.63, 3.8) is 0 Å². The summed E-state index contributed by atoms with van der Waals surface area (Å²) in [5.74, 6) is 1.88. The largest absolute Gasteiger partial charge is 0.493 e. The molecule has 10 rings (SSSR count). The monoisotopic (exact) mass is 1040 g/mol. The van der Waals surface area contributed by atoms with Crippen molar-refractivity contribution in [3.8, 4) is 46.0 Å². The van der Waals surface area contributed by atoms with Crippen LogP contribution in [0.5, 0.6) is 46.0 Å². The number of hydrogen-bond acceptors (Lipinski definition) is 13. The number of hydrogen-bond donors (Lipinski definition) is 4. The van der Waals surface area contributed by atoms with Gasteiger partial charge in [0.2, 0.25) is 11.8 Å². The standard InChI is InChI=1S/C29H25FN2O5.C22H20N2O6.C6H6FN.CH4/c1-35-25-16-22-23(17-26(25)36-2)31-14-11-24(22)37-21-9-7-20(8-10-21)32-28(34)29(12-13-29)27(33)15-18-3-5-19(30)6-4-18;1-28-18-11-15-16(12-19(18)29-2)23-10-7-17(15)30-14-5-3-13(4-6-14)24-20(25)22(8-9-22)21(26)27;7-5-1-3-6(8)4-2-5;/h3-11,14,16-17H,12-13,15H2,1-2H3,(H,32,34);3-7,10-12H,8-9H2,1-2H3,(H,24,25)(H,26,27);1-4H,8H2;1H4. The zero-order chi connectivity index (χ0) is 53.3. The number of halogens is 2. The number of nitrogens with two attached hydrogens (primary N) is 1. The zero-order valence-corrected chi connectivity index (χ0v) is 41.1. The Hall–Kier alpha value is -9.32. The highest BCUT2D eigenvalue weighted by Gasteiger charge is 2.57. The number of ether oxygens (including phenoxy) is 6. The van der Waals surface area contributed by atoms with Crippen LogP contribution in [0.15, 0.2) is 146 Å². The van der Waals surface area contributed by atoms with Gasteiger partial charge in [0, 0.05) is 58.8 Å². The molecule has 76 heavy (non-hydrogen) atoms. The predicted octanol–water partition coefficient (Wildman–Crippen LogP) is 11.6. The van der Waals surface area contributed by atoms with E-state index < -0.39 is 22.7 Å². The van der Waals surface area contributed by atoms with Crippen LogP contribution < -0.4 is 44.8 Å². The van der Waals surface area contributed by atoms with Crippen molar-refractivity contribution in [1.29, 1.82) is 0 Å².